The minimum absolute atomic E-state index is 0.157. The van der Waals surface area contributed by atoms with Crippen LogP contribution in [0.3, 0.4) is 0 Å². The fourth-order valence-corrected chi connectivity index (χ4v) is 3.14. The molecule has 0 bridgehead atoms. The number of alkyl halides is 1. The molecule has 1 unspecified atom stereocenters. The van der Waals surface area contributed by atoms with Crippen molar-refractivity contribution in [3.8, 4) is 0 Å². The molecule has 1 heterocycles. The van der Waals surface area contributed by atoms with Crippen LogP contribution in [0.25, 0.3) is 0 Å². The smallest absolute Gasteiger partial charge is 0.269 e. The maximum Gasteiger partial charge on any atom is 0.269 e. The quantitative estimate of drug-likeness (QED) is 0.809. The number of hydrogen-bond acceptors (Lipinski definition) is 4. The van der Waals surface area contributed by atoms with Crippen LogP contribution in [0.5, 0.6) is 0 Å². The predicted octanol–water partition coefficient (Wildman–Crippen LogP) is 4.54. The Labute approximate surface area is 137 Å². The SMILES string of the molecule is CC(Br)c1ccccc1NC(=O)c1snnc1C(C)(C)C. The van der Waals surface area contributed by atoms with Crippen LogP contribution in [0, 0.1) is 0 Å². The fraction of sp³-hybridized carbons (Fsp3) is 0.400. The summed E-state index contributed by atoms with van der Waals surface area (Å²) in [4.78, 5) is 13.3. The number of rotatable bonds is 3. The first-order chi connectivity index (χ1) is 9.80. The Morgan fingerprint density at radius 3 is 2.62 bits per heavy atom. The molecule has 1 N–H and O–H groups in total. The Bertz CT molecular complexity index is 646. The van der Waals surface area contributed by atoms with Gasteiger partial charge in [0.2, 0.25) is 0 Å². The maximum absolute atomic E-state index is 12.5. The highest BCUT2D eigenvalue weighted by Gasteiger charge is 2.26. The van der Waals surface area contributed by atoms with Gasteiger partial charge in [-0.05, 0) is 30.1 Å². The van der Waals surface area contributed by atoms with Crippen molar-refractivity contribution < 1.29 is 4.79 Å². The van der Waals surface area contributed by atoms with E-state index in [1.54, 1.807) is 0 Å². The van der Waals surface area contributed by atoms with E-state index in [0.717, 1.165) is 28.5 Å². The van der Waals surface area contributed by atoms with Crippen molar-refractivity contribution >= 4 is 39.1 Å². The summed E-state index contributed by atoms with van der Waals surface area (Å²) in [7, 11) is 0. The number of nitrogens with zero attached hydrogens (tertiary/aromatic N) is 2. The van der Waals surface area contributed by atoms with E-state index in [4.69, 9.17) is 0 Å². The number of hydrogen-bond donors (Lipinski definition) is 1. The number of para-hydroxylation sites is 1. The second kappa shape index (κ2) is 6.23. The van der Waals surface area contributed by atoms with Crippen molar-refractivity contribution in [3.63, 3.8) is 0 Å². The highest BCUT2D eigenvalue weighted by Crippen LogP contribution is 2.30. The summed E-state index contributed by atoms with van der Waals surface area (Å²) in [5, 5.41) is 7.07. The number of carbonyl (C=O) groups is 1. The standard InChI is InChI=1S/C15H18BrN3OS/c1-9(16)10-7-5-6-8-11(10)17-14(20)12-13(15(2,3)4)18-19-21-12/h5-9H,1-4H3,(H,17,20). The zero-order chi connectivity index (χ0) is 15.6. The minimum Gasteiger partial charge on any atom is -0.321 e. The molecule has 1 amide bonds. The molecule has 0 aliphatic rings. The molecular formula is C15H18BrN3OS. The lowest BCUT2D eigenvalue weighted by Gasteiger charge is -2.17. The lowest BCUT2D eigenvalue weighted by molar-refractivity contribution is 0.102. The van der Waals surface area contributed by atoms with Crippen molar-refractivity contribution in [3.05, 3.63) is 40.4 Å². The summed E-state index contributed by atoms with van der Waals surface area (Å²) in [5.74, 6) is -0.157. The Balaban J connectivity index is 2.30. The van der Waals surface area contributed by atoms with Gasteiger partial charge in [0.05, 0.1) is 5.69 Å². The molecule has 0 radical (unpaired) electrons. The molecule has 112 valence electrons. The normalized spacial score (nSPS) is 13.0. The third-order valence-electron chi connectivity index (χ3n) is 3.04. The first kappa shape index (κ1) is 16.1. The van der Waals surface area contributed by atoms with E-state index < -0.39 is 0 Å². The molecule has 1 aromatic carbocycles. The lowest BCUT2D eigenvalue weighted by Crippen LogP contribution is -2.20. The van der Waals surface area contributed by atoms with Crippen molar-refractivity contribution in [2.45, 2.75) is 37.9 Å². The number of amides is 1. The van der Waals surface area contributed by atoms with Gasteiger partial charge in [0, 0.05) is 15.9 Å². The summed E-state index contributed by atoms with van der Waals surface area (Å²) in [6, 6.07) is 7.75. The number of benzene rings is 1. The maximum atomic E-state index is 12.5. The van der Waals surface area contributed by atoms with Gasteiger partial charge in [-0.1, -0.05) is 59.4 Å². The fourth-order valence-electron chi connectivity index (χ4n) is 1.97. The first-order valence-corrected chi connectivity index (χ1v) is 8.37. The van der Waals surface area contributed by atoms with Crippen LogP contribution in [0.4, 0.5) is 5.69 Å². The molecule has 0 saturated carbocycles. The van der Waals surface area contributed by atoms with Crippen LogP contribution in [0.1, 0.15) is 53.5 Å². The van der Waals surface area contributed by atoms with Crippen LogP contribution in [-0.4, -0.2) is 15.5 Å². The highest BCUT2D eigenvalue weighted by atomic mass is 79.9. The topological polar surface area (TPSA) is 54.9 Å². The van der Waals surface area contributed by atoms with E-state index in [-0.39, 0.29) is 16.1 Å². The third-order valence-corrected chi connectivity index (χ3v) is 4.26. The predicted molar refractivity (Wildman–Crippen MR) is 90.3 cm³/mol. The second-order valence-electron chi connectivity index (χ2n) is 5.86. The molecular weight excluding hydrogens is 350 g/mol. The molecule has 0 spiro atoms. The van der Waals surface area contributed by atoms with E-state index in [2.05, 4.69) is 30.8 Å². The molecule has 1 aromatic heterocycles. The summed E-state index contributed by atoms with van der Waals surface area (Å²) in [5.41, 5.74) is 2.37. The van der Waals surface area contributed by atoms with Crippen molar-refractivity contribution in [2.75, 3.05) is 5.32 Å². The molecule has 4 nitrogen and oxygen atoms in total. The van der Waals surface area contributed by atoms with Gasteiger partial charge in [-0.15, -0.1) is 5.10 Å². The Hall–Kier alpha value is -1.27. The molecule has 6 heteroatoms. The van der Waals surface area contributed by atoms with Gasteiger partial charge in [0.25, 0.3) is 5.91 Å². The van der Waals surface area contributed by atoms with Crippen LogP contribution in [0.2, 0.25) is 0 Å². The average Bonchev–Trinajstić information content (AvgIpc) is 2.88. The molecule has 2 rings (SSSR count). The van der Waals surface area contributed by atoms with Crippen LogP contribution < -0.4 is 5.32 Å². The lowest BCUT2D eigenvalue weighted by atomic mass is 9.91. The molecule has 1 atom stereocenters. The Morgan fingerprint density at radius 1 is 1.33 bits per heavy atom. The van der Waals surface area contributed by atoms with Gasteiger partial charge in [-0.25, -0.2) is 0 Å². The van der Waals surface area contributed by atoms with Gasteiger partial charge in [0.15, 0.2) is 0 Å². The van der Waals surface area contributed by atoms with Gasteiger partial charge in [0.1, 0.15) is 4.88 Å². The number of anilines is 1. The molecule has 0 aliphatic carbocycles. The van der Waals surface area contributed by atoms with E-state index in [1.807, 2.05) is 52.0 Å². The summed E-state index contributed by atoms with van der Waals surface area (Å²) < 4.78 is 3.93. The Morgan fingerprint density at radius 2 is 2.00 bits per heavy atom. The zero-order valence-electron chi connectivity index (χ0n) is 12.5. The van der Waals surface area contributed by atoms with Gasteiger partial charge in [-0.3, -0.25) is 4.79 Å². The largest absolute Gasteiger partial charge is 0.321 e. The third kappa shape index (κ3) is 3.68. The second-order valence-corrected chi connectivity index (χ2v) is 7.99. The van der Waals surface area contributed by atoms with E-state index >= 15 is 0 Å². The van der Waals surface area contributed by atoms with E-state index in [0.29, 0.717) is 4.88 Å². The van der Waals surface area contributed by atoms with Crippen LogP contribution in [-0.2, 0) is 5.41 Å². The summed E-state index contributed by atoms with van der Waals surface area (Å²) >= 11 is 4.68. The molecule has 0 aliphatic heterocycles. The summed E-state index contributed by atoms with van der Waals surface area (Å²) in [6.07, 6.45) is 0. The molecule has 21 heavy (non-hydrogen) atoms. The van der Waals surface area contributed by atoms with Gasteiger partial charge >= 0.3 is 0 Å². The van der Waals surface area contributed by atoms with Crippen LogP contribution >= 0.6 is 27.5 Å². The van der Waals surface area contributed by atoms with Crippen molar-refractivity contribution in [1.82, 2.24) is 9.59 Å². The molecule has 2 aromatic rings. The first-order valence-electron chi connectivity index (χ1n) is 6.68. The Kier molecular flexibility index (Phi) is 4.78. The minimum atomic E-state index is -0.206. The highest BCUT2D eigenvalue weighted by molar-refractivity contribution is 9.09. The van der Waals surface area contributed by atoms with Gasteiger partial charge < -0.3 is 5.32 Å². The number of aromatic nitrogens is 2. The molecule has 0 saturated heterocycles. The van der Waals surface area contributed by atoms with Gasteiger partial charge in [-0.2, -0.15) is 0 Å². The average molecular weight is 368 g/mol. The number of carbonyl (C=O) groups excluding carboxylic acids is 1. The van der Waals surface area contributed by atoms with Crippen molar-refractivity contribution in [1.29, 1.82) is 0 Å². The number of nitrogens with one attached hydrogen (secondary N) is 1. The number of halogens is 1. The van der Waals surface area contributed by atoms with E-state index in [9.17, 15) is 4.79 Å². The van der Waals surface area contributed by atoms with E-state index in [1.165, 1.54) is 0 Å². The zero-order valence-corrected chi connectivity index (χ0v) is 14.9. The van der Waals surface area contributed by atoms with Crippen molar-refractivity contribution in [2.24, 2.45) is 0 Å². The van der Waals surface area contributed by atoms with Crippen LogP contribution in [0.15, 0.2) is 24.3 Å². The summed E-state index contributed by atoms with van der Waals surface area (Å²) in [6.45, 7) is 8.10. The molecule has 0 fully saturated rings. The monoisotopic (exact) mass is 367 g/mol.